The summed E-state index contributed by atoms with van der Waals surface area (Å²) in [6, 6.07) is 11.7. The molecule has 1 saturated heterocycles. The number of sulfonamides is 1. The van der Waals surface area contributed by atoms with Crippen LogP contribution in [0.3, 0.4) is 0 Å². The molecule has 1 aliphatic rings. The summed E-state index contributed by atoms with van der Waals surface area (Å²) < 4.78 is 37.8. The Kier molecular flexibility index (Phi) is 7.46. The van der Waals surface area contributed by atoms with Gasteiger partial charge in [-0.2, -0.15) is 4.31 Å². The normalized spacial score (nSPS) is 16.5. The lowest BCUT2D eigenvalue weighted by Crippen LogP contribution is -2.43. The number of methoxy groups -OCH3 is 2. The lowest BCUT2D eigenvalue weighted by molar-refractivity contribution is -0.126. The highest BCUT2D eigenvalue weighted by molar-refractivity contribution is 7.89. The lowest BCUT2D eigenvalue weighted by Gasteiger charge is -2.31. The van der Waals surface area contributed by atoms with Gasteiger partial charge < -0.3 is 14.8 Å². The average Bonchev–Trinajstić information content (AvgIpc) is 2.78. The maximum atomic E-state index is 13.0. The minimum Gasteiger partial charge on any atom is -0.496 e. The number of carbonyl (C=O) groups excluding carboxylic acids is 1. The third-order valence-electron chi connectivity index (χ3n) is 5.55. The van der Waals surface area contributed by atoms with Crippen molar-refractivity contribution >= 4 is 27.5 Å². The number of carbonyl (C=O) groups is 1. The number of nitrogens with one attached hydrogen (secondary N) is 1. The largest absolute Gasteiger partial charge is 0.496 e. The van der Waals surface area contributed by atoms with Crippen molar-refractivity contribution in [1.82, 2.24) is 9.62 Å². The van der Waals surface area contributed by atoms with Gasteiger partial charge in [0.1, 0.15) is 11.5 Å². The van der Waals surface area contributed by atoms with E-state index < -0.39 is 10.0 Å². The summed E-state index contributed by atoms with van der Waals surface area (Å²) in [5.41, 5.74) is 0.898. The van der Waals surface area contributed by atoms with Gasteiger partial charge in [-0.25, -0.2) is 8.42 Å². The number of halogens is 1. The maximum Gasteiger partial charge on any atom is 0.243 e. The van der Waals surface area contributed by atoms with Crippen molar-refractivity contribution in [2.24, 2.45) is 5.92 Å². The molecular weight excluding hydrogens is 440 g/mol. The Morgan fingerprint density at radius 1 is 1.10 bits per heavy atom. The van der Waals surface area contributed by atoms with Gasteiger partial charge in [0.15, 0.2) is 0 Å². The summed E-state index contributed by atoms with van der Waals surface area (Å²) >= 11 is 6.09. The molecule has 1 atom stereocenters. The zero-order valence-corrected chi connectivity index (χ0v) is 19.4. The number of piperidine rings is 1. The number of hydrogen-bond acceptors (Lipinski definition) is 5. The van der Waals surface area contributed by atoms with E-state index in [1.807, 2.05) is 31.2 Å². The number of nitrogens with zero attached hydrogens (tertiary/aromatic N) is 1. The highest BCUT2D eigenvalue weighted by atomic mass is 35.5. The van der Waals surface area contributed by atoms with E-state index in [2.05, 4.69) is 5.32 Å². The molecular formula is C22H27ClN2O5S. The average molecular weight is 467 g/mol. The number of para-hydroxylation sites is 1. The van der Waals surface area contributed by atoms with E-state index >= 15 is 0 Å². The summed E-state index contributed by atoms with van der Waals surface area (Å²) in [6.07, 6.45) is 0.904. The Morgan fingerprint density at radius 3 is 2.35 bits per heavy atom. The predicted molar refractivity (Wildman–Crippen MR) is 119 cm³/mol. The summed E-state index contributed by atoms with van der Waals surface area (Å²) in [7, 11) is -0.620. The second-order valence-corrected chi connectivity index (χ2v) is 9.79. The third kappa shape index (κ3) is 5.14. The molecule has 1 amide bonds. The van der Waals surface area contributed by atoms with Crippen LogP contribution in [0.2, 0.25) is 5.02 Å². The van der Waals surface area contributed by atoms with Gasteiger partial charge in [-0.1, -0.05) is 29.8 Å². The highest BCUT2D eigenvalue weighted by Gasteiger charge is 2.33. The molecule has 1 heterocycles. The molecule has 0 bridgehead atoms. The second kappa shape index (κ2) is 9.89. The molecule has 0 radical (unpaired) electrons. The number of rotatable bonds is 7. The Labute approximate surface area is 188 Å². The Hall–Kier alpha value is -2.29. The topological polar surface area (TPSA) is 84.9 Å². The molecule has 1 aliphatic heterocycles. The summed E-state index contributed by atoms with van der Waals surface area (Å²) in [4.78, 5) is 12.9. The molecule has 2 aromatic carbocycles. The fourth-order valence-electron chi connectivity index (χ4n) is 3.75. The number of benzene rings is 2. The van der Waals surface area contributed by atoms with Crippen LogP contribution in [0.5, 0.6) is 11.5 Å². The van der Waals surface area contributed by atoms with Crippen molar-refractivity contribution in [3.05, 3.63) is 53.1 Å². The van der Waals surface area contributed by atoms with Gasteiger partial charge in [0.2, 0.25) is 15.9 Å². The molecule has 168 valence electrons. The van der Waals surface area contributed by atoms with Gasteiger partial charge in [-0.3, -0.25) is 4.79 Å². The molecule has 2 aromatic rings. The van der Waals surface area contributed by atoms with Crippen molar-refractivity contribution < 1.29 is 22.7 Å². The van der Waals surface area contributed by atoms with Crippen LogP contribution < -0.4 is 14.8 Å². The van der Waals surface area contributed by atoms with Crippen molar-refractivity contribution in [3.8, 4) is 11.5 Å². The van der Waals surface area contributed by atoms with E-state index in [4.69, 9.17) is 21.1 Å². The summed E-state index contributed by atoms with van der Waals surface area (Å²) in [6.45, 7) is 2.45. The molecule has 3 rings (SSSR count). The van der Waals surface area contributed by atoms with E-state index in [1.165, 1.54) is 29.6 Å². The molecule has 1 N–H and O–H groups in total. The third-order valence-corrected chi connectivity index (χ3v) is 7.74. The van der Waals surface area contributed by atoms with Crippen molar-refractivity contribution in [2.75, 3.05) is 27.3 Å². The first kappa shape index (κ1) is 23.4. The van der Waals surface area contributed by atoms with E-state index in [0.717, 1.165) is 11.3 Å². The Balaban J connectivity index is 1.62. The van der Waals surface area contributed by atoms with Gasteiger partial charge in [-0.05, 0) is 44.0 Å². The van der Waals surface area contributed by atoms with Gasteiger partial charge in [0.05, 0.1) is 30.2 Å². The molecule has 0 spiro atoms. The Morgan fingerprint density at radius 2 is 1.74 bits per heavy atom. The van der Waals surface area contributed by atoms with Crippen LogP contribution in [0.15, 0.2) is 47.4 Å². The Bertz CT molecular complexity index is 1040. The molecule has 0 aliphatic carbocycles. The van der Waals surface area contributed by atoms with Crippen LogP contribution in [0.4, 0.5) is 0 Å². The summed E-state index contributed by atoms with van der Waals surface area (Å²) in [5.74, 6) is 0.806. The van der Waals surface area contributed by atoms with Crippen LogP contribution in [-0.4, -0.2) is 45.9 Å². The zero-order chi connectivity index (χ0) is 22.6. The quantitative estimate of drug-likeness (QED) is 0.673. The molecule has 0 unspecified atom stereocenters. The fraction of sp³-hybridized carbons (Fsp3) is 0.409. The molecule has 31 heavy (non-hydrogen) atoms. The minimum absolute atomic E-state index is 0.0806. The lowest BCUT2D eigenvalue weighted by atomic mass is 9.96. The fourth-order valence-corrected chi connectivity index (χ4v) is 5.57. The predicted octanol–water partition coefficient (Wildman–Crippen LogP) is 3.64. The number of amides is 1. The number of ether oxygens (including phenoxy) is 2. The van der Waals surface area contributed by atoms with Crippen molar-refractivity contribution in [3.63, 3.8) is 0 Å². The first-order valence-electron chi connectivity index (χ1n) is 10.0. The second-order valence-electron chi connectivity index (χ2n) is 7.45. The number of hydrogen-bond donors (Lipinski definition) is 1. The maximum absolute atomic E-state index is 13.0. The standard InChI is InChI=1S/C22H27ClN2O5S/c1-15(18-6-4-5-7-20(18)29-2)24-22(26)16-10-12-25(13-11-16)31(27,28)17-8-9-21(30-3)19(23)14-17/h4-9,14-16H,10-13H2,1-3H3,(H,24,26)/t15-/m1/s1. The van der Waals surface area contributed by atoms with Gasteiger partial charge in [0.25, 0.3) is 0 Å². The first-order chi connectivity index (χ1) is 14.8. The highest BCUT2D eigenvalue weighted by Crippen LogP contribution is 2.31. The van der Waals surface area contributed by atoms with Crippen molar-refractivity contribution in [2.45, 2.75) is 30.7 Å². The SMILES string of the molecule is COc1ccc(S(=O)(=O)N2CCC(C(=O)N[C@H](C)c3ccccc3OC)CC2)cc1Cl. The van der Waals surface area contributed by atoms with E-state index in [-0.39, 0.29) is 40.9 Å². The molecule has 9 heteroatoms. The first-order valence-corrected chi connectivity index (χ1v) is 11.9. The van der Waals surface area contributed by atoms with Crippen LogP contribution in [0.25, 0.3) is 0 Å². The summed E-state index contributed by atoms with van der Waals surface area (Å²) in [5, 5.41) is 3.27. The monoisotopic (exact) mass is 466 g/mol. The van der Waals surface area contributed by atoms with Gasteiger partial charge in [0, 0.05) is 24.6 Å². The van der Waals surface area contributed by atoms with E-state index in [9.17, 15) is 13.2 Å². The van der Waals surface area contributed by atoms with Crippen LogP contribution in [-0.2, 0) is 14.8 Å². The molecule has 0 saturated carbocycles. The molecule has 1 fully saturated rings. The van der Waals surface area contributed by atoms with Crippen LogP contribution in [0.1, 0.15) is 31.4 Å². The smallest absolute Gasteiger partial charge is 0.243 e. The van der Waals surface area contributed by atoms with Gasteiger partial charge >= 0.3 is 0 Å². The van der Waals surface area contributed by atoms with Crippen LogP contribution >= 0.6 is 11.6 Å². The molecule has 0 aromatic heterocycles. The van der Waals surface area contributed by atoms with E-state index in [0.29, 0.717) is 18.6 Å². The molecule has 7 nitrogen and oxygen atoms in total. The van der Waals surface area contributed by atoms with Crippen molar-refractivity contribution in [1.29, 1.82) is 0 Å². The minimum atomic E-state index is -3.69. The van der Waals surface area contributed by atoms with Gasteiger partial charge in [-0.15, -0.1) is 0 Å². The van der Waals surface area contributed by atoms with Crippen LogP contribution in [0, 0.1) is 5.92 Å². The zero-order valence-electron chi connectivity index (χ0n) is 17.8. The van der Waals surface area contributed by atoms with E-state index in [1.54, 1.807) is 7.11 Å².